The first-order valence-corrected chi connectivity index (χ1v) is 6.64. The highest BCUT2D eigenvalue weighted by Gasteiger charge is 2.32. The van der Waals surface area contributed by atoms with Crippen LogP contribution in [0.5, 0.6) is 0 Å². The van der Waals surface area contributed by atoms with Crippen LogP contribution in [0.2, 0.25) is 5.02 Å². The Morgan fingerprint density at radius 2 is 2.20 bits per heavy atom. The minimum Gasteiger partial charge on any atom is -0.316 e. The fourth-order valence-corrected chi connectivity index (χ4v) is 2.69. The lowest BCUT2D eigenvalue weighted by Crippen LogP contribution is -2.13. The van der Waals surface area contributed by atoms with Crippen LogP contribution in [0.1, 0.15) is 17.8 Å². The molecule has 1 aliphatic heterocycles. The monoisotopic (exact) mass is 304 g/mol. The van der Waals surface area contributed by atoms with Crippen molar-refractivity contribution in [1.29, 1.82) is 0 Å². The lowest BCUT2D eigenvalue weighted by molar-refractivity contribution is -0.137. The largest absolute Gasteiger partial charge is 0.417 e. The third-order valence-electron chi connectivity index (χ3n) is 3.49. The van der Waals surface area contributed by atoms with E-state index in [0.29, 0.717) is 18.2 Å². The summed E-state index contributed by atoms with van der Waals surface area (Å²) in [5.41, 5.74) is -0.527. The number of alkyl halides is 3. The number of nitrogens with zero attached hydrogens (tertiary/aromatic N) is 3. The highest BCUT2D eigenvalue weighted by atomic mass is 35.5. The second-order valence-corrected chi connectivity index (χ2v) is 5.35. The first kappa shape index (κ1) is 13.6. The fraction of sp³-hybridized carbons (Fsp3) is 0.500. The molecule has 1 N–H and O–H groups in total. The lowest BCUT2D eigenvalue weighted by Gasteiger charge is -2.10. The number of rotatable bonds is 2. The first-order valence-electron chi connectivity index (χ1n) is 6.26. The summed E-state index contributed by atoms with van der Waals surface area (Å²) in [6.45, 7) is 1.78. The average Bonchev–Trinajstić information content (AvgIpc) is 2.99. The second-order valence-electron chi connectivity index (χ2n) is 4.95. The Balaban J connectivity index is 2.02. The molecule has 0 saturated carbocycles. The molecule has 0 spiro atoms. The molecule has 108 valence electrons. The van der Waals surface area contributed by atoms with Gasteiger partial charge in [0.15, 0.2) is 5.65 Å². The number of aromatic nitrogens is 3. The maximum absolute atomic E-state index is 12.8. The molecule has 20 heavy (non-hydrogen) atoms. The van der Waals surface area contributed by atoms with Gasteiger partial charge in [-0.15, -0.1) is 10.2 Å². The van der Waals surface area contributed by atoms with Crippen LogP contribution >= 0.6 is 11.6 Å². The zero-order chi connectivity index (χ0) is 14.3. The van der Waals surface area contributed by atoms with Gasteiger partial charge >= 0.3 is 6.18 Å². The van der Waals surface area contributed by atoms with Crippen LogP contribution in [0.15, 0.2) is 12.3 Å². The van der Waals surface area contributed by atoms with Crippen molar-refractivity contribution in [2.75, 3.05) is 13.1 Å². The topological polar surface area (TPSA) is 42.2 Å². The second kappa shape index (κ2) is 4.89. The van der Waals surface area contributed by atoms with Crippen LogP contribution in [0.25, 0.3) is 5.65 Å². The van der Waals surface area contributed by atoms with Gasteiger partial charge in [0, 0.05) is 12.6 Å². The van der Waals surface area contributed by atoms with Gasteiger partial charge in [-0.1, -0.05) is 11.6 Å². The summed E-state index contributed by atoms with van der Waals surface area (Å²) >= 11 is 5.86. The van der Waals surface area contributed by atoms with Gasteiger partial charge in [0.05, 0.1) is 10.6 Å². The van der Waals surface area contributed by atoms with Crippen LogP contribution in [0, 0.1) is 5.92 Å². The Bertz CT molecular complexity index is 631. The fourth-order valence-electron chi connectivity index (χ4n) is 2.44. The van der Waals surface area contributed by atoms with Gasteiger partial charge in [-0.25, -0.2) is 0 Å². The number of hydrogen-bond donors (Lipinski definition) is 1. The zero-order valence-corrected chi connectivity index (χ0v) is 11.2. The summed E-state index contributed by atoms with van der Waals surface area (Å²) in [6.07, 6.45) is -1.85. The average molecular weight is 305 g/mol. The zero-order valence-electron chi connectivity index (χ0n) is 10.4. The lowest BCUT2D eigenvalue weighted by atomic mass is 10.0. The van der Waals surface area contributed by atoms with E-state index >= 15 is 0 Å². The highest BCUT2D eigenvalue weighted by molar-refractivity contribution is 6.33. The Morgan fingerprint density at radius 3 is 2.85 bits per heavy atom. The molecule has 1 saturated heterocycles. The summed E-state index contributed by atoms with van der Waals surface area (Å²) in [6, 6.07) is 0.881. The van der Waals surface area contributed by atoms with E-state index in [4.69, 9.17) is 11.6 Å². The summed E-state index contributed by atoms with van der Waals surface area (Å²) in [5, 5.41) is 11.0. The molecule has 3 heterocycles. The van der Waals surface area contributed by atoms with Gasteiger partial charge < -0.3 is 5.32 Å². The predicted octanol–water partition coefficient (Wildman–Crippen LogP) is 2.55. The minimum atomic E-state index is -4.44. The van der Waals surface area contributed by atoms with E-state index in [1.54, 1.807) is 0 Å². The molecule has 0 aromatic carbocycles. The van der Waals surface area contributed by atoms with Crippen molar-refractivity contribution in [3.8, 4) is 0 Å². The molecule has 0 amide bonds. The van der Waals surface area contributed by atoms with Crippen molar-refractivity contribution in [3.05, 3.63) is 28.7 Å². The van der Waals surface area contributed by atoms with E-state index in [1.165, 1.54) is 4.40 Å². The highest BCUT2D eigenvalue weighted by Crippen LogP contribution is 2.32. The van der Waals surface area contributed by atoms with Crippen molar-refractivity contribution in [2.45, 2.75) is 19.0 Å². The van der Waals surface area contributed by atoms with Gasteiger partial charge in [0.2, 0.25) is 0 Å². The first-order chi connectivity index (χ1) is 9.45. The van der Waals surface area contributed by atoms with E-state index < -0.39 is 11.7 Å². The van der Waals surface area contributed by atoms with E-state index in [2.05, 4.69) is 15.5 Å². The molecule has 8 heteroatoms. The standard InChI is InChI=1S/C12H12ClF3N4/c13-9-4-8(12(14,15)16)6-20-10(18-19-11(9)20)3-7-1-2-17-5-7/h4,6-7,17H,1-3,5H2. The molecular formula is C12H12ClF3N4. The summed E-state index contributed by atoms with van der Waals surface area (Å²) < 4.78 is 39.8. The third-order valence-corrected chi connectivity index (χ3v) is 3.77. The van der Waals surface area contributed by atoms with E-state index in [1.807, 2.05) is 0 Å². The van der Waals surface area contributed by atoms with Crippen molar-refractivity contribution < 1.29 is 13.2 Å². The molecular weight excluding hydrogens is 293 g/mol. The number of fused-ring (bicyclic) bond motifs is 1. The van der Waals surface area contributed by atoms with Crippen molar-refractivity contribution in [3.63, 3.8) is 0 Å². The van der Waals surface area contributed by atoms with Crippen molar-refractivity contribution in [2.24, 2.45) is 5.92 Å². The maximum Gasteiger partial charge on any atom is 0.417 e. The van der Waals surface area contributed by atoms with E-state index in [0.717, 1.165) is 31.8 Å². The van der Waals surface area contributed by atoms with Crippen LogP contribution < -0.4 is 5.32 Å². The number of hydrogen-bond acceptors (Lipinski definition) is 3. The van der Waals surface area contributed by atoms with Gasteiger partial charge in [0.25, 0.3) is 0 Å². The summed E-state index contributed by atoms with van der Waals surface area (Å²) in [5.74, 6) is 0.886. The molecule has 0 radical (unpaired) electrons. The number of halogens is 4. The molecule has 0 bridgehead atoms. The Morgan fingerprint density at radius 1 is 1.40 bits per heavy atom. The molecule has 0 aliphatic carbocycles. The Labute approximate surface area is 117 Å². The molecule has 4 nitrogen and oxygen atoms in total. The molecule has 1 atom stereocenters. The Kier molecular flexibility index (Phi) is 3.33. The van der Waals surface area contributed by atoms with E-state index in [9.17, 15) is 13.2 Å². The van der Waals surface area contributed by atoms with Crippen LogP contribution in [-0.2, 0) is 12.6 Å². The molecule has 2 aromatic rings. The number of nitrogens with one attached hydrogen (secondary N) is 1. The summed E-state index contributed by atoms with van der Waals surface area (Å²) in [4.78, 5) is 0. The van der Waals surface area contributed by atoms with Gasteiger partial charge in [-0.3, -0.25) is 4.40 Å². The van der Waals surface area contributed by atoms with Crippen LogP contribution in [0.4, 0.5) is 13.2 Å². The van der Waals surface area contributed by atoms with Gasteiger partial charge in [0.1, 0.15) is 5.82 Å². The smallest absolute Gasteiger partial charge is 0.316 e. The van der Waals surface area contributed by atoms with Crippen molar-refractivity contribution in [1.82, 2.24) is 19.9 Å². The third kappa shape index (κ3) is 2.47. The van der Waals surface area contributed by atoms with Crippen LogP contribution in [0.3, 0.4) is 0 Å². The van der Waals surface area contributed by atoms with Crippen LogP contribution in [-0.4, -0.2) is 27.7 Å². The SMILES string of the molecule is FC(F)(F)c1cc(Cl)c2nnc(CC3CCNC3)n2c1. The molecule has 2 aromatic heterocycles. The predicted molar refractivity (Wildman–Crippen MR) is 67.7 cm³/mol. The normalized spacial score (nSPS) is 19.9. The van der Waals surface area contributed by atoms with Crippen molar-refractivity contribution >= 4 is 17.2 Å². The maximum atomic E-state index is 12.8. The van der Waals surface area contributed by atoms with Gasteiger partial charge in [-0.05, 0) is 31.5 Å². The Hall–Kier alpha value is -1.34. The van der Waals surface area contributed by atoms with E-state index in [-0.39, 0.29) is 10.7 Å². The molecule has 1 aliphatic rings. The number of pyridine rings is 1. The molecule has 1 unspecified atom stereocenters. The molecule has 1 fully saturated rings. The molecule has 3 rings (SSSR count). The quantitative estimate of drug-likeness (QED) is 0.927. The minimum absolute atomic E-state index is 0.0388. The van der Waals surface area contributed by atoms with Gasteiger partial charge in [-0.2, -0.15) is 13.2 Å². The summed E-state index contributed by atoms with van der Waals surface area (Å²) in [7, 11) is 0.